The van der Waals surface area contributed by atoms with Crippen LogP contribution >= 0.6 is 23.2 Å². The zero-order chi connectivity index (χ0) is 22.3. The highest BCUT2D eigenvalue weighted by molar-refractivity contribution is 7.92. The topological polar surface area (TPSA) is 75.7 Å². The maximum atomic E-state index is 12.4. The van der Waals surface area contributed by atoms with E-state index in [0.717, 1.165) is 6.26 Å². The fourth-order valence-electron chi connectivity index (χ4n) is 2.70. The van der Waals surface area contributed by atoms with Crippen molar-refractivity contribution in [2.75, 3.05) is 23.7 Å². The summed E-state index contributed by atoms with van der Waals surface area (Å²) >= 11 is 12.4. The number of nitrogens with one attached hydrogen (secondary N) is 1. The molecule has 2 aromatic rings. The number of amides is 1. The number of hydrogen-bond donors (Lipinski definition) is 1. The van der Waals surface area contributed by atoms with Crippen LogP contribution in [0.2, 0.25) is 10.0 Å². The van der Waals surface area contributed by atoms with Gasteiger partial charge in [-0.1, -0.05) is 29.3 Å². The fourth-order valence-corrected chi connectivity index (χ4v) is 4.09. The maximum absolute atomic E-state index is 12.4. The van der Waals surface area contributed by atoms with E-state index in [2.05, 4.69) is 5.32 Å². The Labute approximate surface area is 188 Å². The minimum atomic E-state index is -3.61. The van der Waals surface area contributed by atoms with Gasteiger partial charge in [-0.3, -0.25) is 9.10 Å². The minimum absolute atomic E-state index is 0.0151. The molecule has 164 valence electrons. The van der Waals surface area contributed by atoms with E-state index >= 15 is 0 Å². The molecule has 6 nitrogen and oxygen atoms in total. The van der Waals surface area contributed by atoms with E-state index in [-0.39, 0.29) is 18.6 Å². The normalized spacial score (nSPS) is 11.5. The molecule has 9 heteroatoms. The first-order chi connectivity index (χ1) is 14.1. The first-order valence-electron chi connectivity index (χ1n) is 9.50. The van der Waals surface area contributed by atoms with E-state index in [4.69, 9.17) is 27.9 Å². The number of hydrogen-bond acceptors (Lipinski definition) is 4. The molecular weight excluding hydrogens is 447 g/mol. The van der Waals surface area contributed by atoms with Crippen molar-refractivity contribution in [3.05, 3.63) is 63.6 Å². The Balaban J connectivity index is 2.10. The van der Waals surface area contributed by atoms with Crippen molar-refractivity contribution in [3.63, 3.8) is 0 Å². The van der Waals surface area contributed by atoms with Gasteiger partial charge in [0.2, 0.25) is 10.0 Å². The maximum Gasteiger partial charge on any atom is 0.251 e. The molecule has 0 aliphatic heterocycles. The lowest BCUT2D eigenvalue weighted by Crippen LogP contribution is -2.30. The highest BCUT2D eigenvalue weighted by Crippen LogP contribution is 2.29. The third-order valence-corrected chi connectivity index (χ3v) is 6.09. The van der Waals surface area contributed by atoms with Gasteiger partial charge in [0.1, 0.15) is 0 Å². The molecule has 0 bridgehead atoms. The lowest BCUT2D eigenvalue weighted by molar-refractivity contribution is 0.0757. The quantitative estimate of drug-likeness (QED) is 0.516. The second-order valence-corrected chi connectivity index (χ2v) is 9.77. The minimum Gasteiger partial charge on any atom is -0.379 e. The van der Waals surface area contributed by atoms with Crippen LogP contribution in [-0.2, 0) is 21.3 Å². The Hall–Kier alpha value is -1.80. The summed E-state index contributed by atoms with van der Waals surface area (Å²) in [6, 6.07) is 11.3. The summed E-state index contributed by atoms with van der Waals surface area (Å²) in [6.45, 7) is 4.97. The Kier molecular flexibility index (Phi) is 8.97. The van der Waals surface area contributed by atoms with Crippen molar-refractivity contribution in [1.29, 1.82) is 0 Å². The number of benzene rings is 2. The second kappa shape index (κ2) is 11.0. The van der Waals surface area contributed by atoms with Gasteiger partial charge in [-0.2, -0.15) is 0 Å². The third-order valence-electron chi connectivity index (χ3n) is 4.24. The molecular formula is C21H26Cl2N2O4S. The van der Waals surface area contributed by atoms with Gasteiger partial charge >= 0.3 is 0 Å². The van der Waals surface area contributed by atoms with Gasteiger partial charge in [-0.15, -0.1) is 0 Å². The molecule has 0 heterocycles. The monoisotopic (exact) mass is 472 g/mol. The Bertz CT molecular complexity index is 943. The first-order valence-corrected chi connectivity index (χ1v) is 12.1. The lowest BCUT2D eigenvalue weighted by Gasteiger charge is -2.23. The number of rotatable bonds is 10. The van der Waals surface area contributed by atoms with Gasteiger partial charge in [0, 0.05) is 34.3 Å². The number of ether oxygens (including phenoxy) is 1. The summed E-state index contributed by atoms with van der Waals surface area (Å²) in [5, 5.41) is 3.59. The molecule has 0 aliphatic rings. The number of carbonyl (C=O) groups is 1. The average Bonchev–Trinajstić information content (AvgIpc) is 2.66. The van der Waals surface area contributed by atoms with E-state index in [9.17, 15) is 13.2 Å². The zero-order valence-electron chi connectivity index (χ0n) is 17.2. The molecule has 0 unspecified atom stereocenters. The summed E-state index contributed by atoms with van der Waals surface area (Å²) in [5.74, 6) is -0.230. The smallest absolute Gasteiger partial charge is 0.251 e. The predicted molar refractivity (Wildman–Crippen MR) is 122 cm³/mol. The number of nitrogens with zero attached hydrogens (tertiary/aromatic N) is 1. The SMILES string of the molecule is CC(C)OCCCNC(=O)c1ccc(N(Cc2c(Cl)cccc2Cl)S(C)(=O)=O)cc1. The van der Waals surface area contributed by atoms with Gasteiger partial charge in [0.05, 0.1) is 24.6 Å². The van der Waals surface area contributed by atoms with Crippen LogP contribution < -0.4 is 9.62 Å². The van der Waals surface area contributed by atoms with Crippen LogP contribution in [0.3, 0.4) is 0 Å². The molecule has 1 N–H and O–H groups in total. The van der Waals surface area contributed by atoms with Crippen LogP contribution in [0, 0.1) is 0 Å². The Morgan fingerprint density at radius 1 is 1.10 bits per heavy atom. The molecule has 0 saturated carbocycles. The molecule has 2 aromatic carbocycles. The van der Waals surface area contributed by atoms with Crippen molar-refractivity contribution in [1.82, 2.24) is 5.32 Å². The number of carbonyl (C=O) groups excluding carboxylic acids is 1. The molecule has 0 atom stereocenters. The molecule has 0 saturated heterocycles. The summed E-state index contributed by atoms with van der Waals surface area (Å²) in [5.41, 5.74) is 1.36. The lowest BCUT2D eigenvalue weighted by atomic mass is 10.1. The van der Waals surface area contributed by atoms with Gasteiger partial charge in [0.15, 0.2) is 0 Å². The van der Waals surface area contributed by atoms with E-state index in [1.54, 1.807) is 42.5 Å². The molecule has 0 aromatic heterocycles. The van der Waals surface area contributed by atoms with Crippen LogP contribution in [0.5, 0.6) is 0 Å². The summed E-state index contributed by atoms with van der Waals surface area (Å²) in [4.78, 5) is 12.3. The van der Waals surface area contributed by atoms with E-state index in [0.29, 0.717) is 46.4 Å². The van der Waals surface area contributed by atoms with Gasteiger partial charge < -0.3 is 10.1 Å². The predicted octanol–water partition coefficient (Wildman–Crippen LogP) is 4.50. The zero-order valence-corrected chi connectivity index (χ0v) is 19.5. The van der Waals surface area contributed by atoms with Crippen LogP contribution in [0.15, 0.2) is 42.5 Å². The molecule has 2 rings (SSSR count). The highest BCUT2D eigenvalue weighted by Gasteiger charge is 2.21. The molecule has 0 radical (unpaired) electrons. The van der Waals surface area contributed by atoms with Crippen LogP contribution in [0.4, 0.5) is 5.69 Å². The van der Waals surface area contributed by atoms with E-state index in [1.807, 2.05) is 13.8 Å². The van der Waals surface area contributed by atoms with Crippen LogP contribution in [-0.4, -0.2) is 39.8 Å². The van der Waals surface area contributed by atoms with Crippen molar-refractivity contribution < 1.29 is 17.9 Å². The van der Waals surface area contributed by atoms with E-state index in [1.165, 1.54) is 4.31 Å². The summed E-state index contributed by atoms with van der Waals surface area (Å²) in [6.07, 6.45) is 1.98. The van der Waals surface area contributed by atoms with E-state index < -0.39 is 10.0 Å². The van der Waals surface area contributed by atoms with Crippen molar-refractivity contribution in [2.24, 2.45) is 0 Å². The highest BCUT2D eigenvalue weighted by atomic mass is 35.5. The van der Waals surface area contributed by atoms with Crippen molar-refractivity contribution in [2.45, 2.75) is 32.9 Å². The van der Waals surface area contributed by atoms with Gasteiger partial charge in [-0.05, 0) is 56.7 Å². The Morgan fingerprint density at radius 3 is 2.23 bits per heavy atom. The number of anilines is 1. The molecule has 0 aliphatic carbocycles. The standard InChI is InChI=1S/C21H26Cl2N2O4S/c1-15(2)29-13-5-12-24-21(26)16-8-10-17(11-9-16)25(30(3,27)28)14-18-19(22)6-4-7-20(18)23/h4,6-11,15H,5,12-14H2,1-3H3,(H,24,26). The van der Waals surface area contributed by atoms with Crippen molar-refractivity contribution in [3.8, 4) is 0 Å². The van der Waals surface area contributed by atoms with Gasteiger partial charge in [0.25, 0.3) is 5.91 Å². The molecule has 0 spiro atoms. The Morgan fingerprint density at radius 2 is 1.70 bits per heavy atom. The first kappa shape index (κ1) is 24.5. The fraction of sp³-hybridized carbons (Fsp3) is 0.381. The summed E-state index contributed by atoms with van der Waals surface area (Å²) in [7, 11) is -3.61. The van der Waals surface area contributed by atoms with Crippen molar-refractivity contribution >= 4 is 44.8 Å². The average molecular weight is 473 g/mol. The number of sulfonamides is 1. The van der Waals surface area contributed by atoms with Crippen LogP contribution in [0.1, 0.15) is 36.2 Å². The van der Waals surface area contributed by atoms with Gasteiger partial charge in [-0.25, -0.2) is 8.42 Å². The largest absolute Gasteiger partial charge is 0.379 e. The molecule has 1 amide bonds. The number of halogens is 2. The third kappa shape index (κ3) is 7.16. The second-order valence-electron chi connectivity index (χ2n) is 7.05. The molecule has 30 heavy (non-hydrogen) atoms. The summed E-state index contributed by atoms with van der Waals surface area (Å²) < 4.78 is 31.4. The van der Waals surface area contributed by atoms with Crippen LogP contribution in [0.25, 0.3) is 0 Å². The molecule has 0 fully saturated rings.